The number of nitrogens with two attached hydrogens (primary N) is 1. The molecule has 0 saturated heterocycles. The molecule has 0 aliphatic heterocycles. The molecule has 0 bridgehead atoms. The Hall–Kier alpha value is -0.880. The van der Waals surface area contributed by atoms with E-state index in [4.69, 9.17) is 17.3 Å². The summed E-state index contributed by atoms with van der Waals surface area (Å²) in [5.74, 6) is 0. The first-order valence-corrected chi connectivity index (χ1v) is 8.08. The molecule has 0 spiro atoms. The number of benzene rings is 1. The maximum Gasteiger partial charge on any atom is 0.243 e. The molecule has 2 N–H and O–H groups in total. The summed E-state index contributed by atoms with van der Waals surface area (Å²) in [4.78, 5) is 0.194. The van der Waals surface area contributed by atoms with Crippen LogP contribution in [-0.2, 0) is 16.6 Å². The Labute approximate surface area is 126 Å². The summed E-state index contributed by atoms with van der Waals surface area (Å²) >= 11 is 5.97. The highest BCUT2D eigenvalue weighted by atomic mass is 35.5. The minimum atomic E-state index is -3.62. The zero-order valence-corrected chi connectivity index (χ0v) is 13.6. The van der Waals surface area contributed by atoms with Gasteiger partial charge in [-0.2, -0.15) is 4.31 Å². The molecule has 0 radical (unpaired) electrons. The van der Waals surface area contributed by atoms with Gasteiger partial charge in [-0.1, -0.05) is 17.7 Å². The van der Waals surface area contributed by atoms with Gasteiger partial charge in [0, 0.05) is 23.7 Å². The van der Waals surface area contributed by atoms with E-state index in [1.807, 2.05) is 20.8 Å². The molecule has 20 heavy (non-hydrogen) atoms. The highest BCUT2D eigenvalue weighted by Gasteiger charge is 2.33. The minimum Gasteiger partial charge on any atom is -0.326 e. The quantitative estimate of drug-likeness (QED) is 0.850. The van der Waals surface area contributed by atoms with E-state index in [-0.39, 0.29) is 18.0 Å². The molecule has 0 fully saturated rings. The summed E-state index contributed by atoms with van der Waals surface area (Å²) in [6.07, 6.45) is 1.57. The van der Waals surface area contributed by atoms with Gasteiger partial charge in [-0.15, -0.1) is 6.58 Å². The largest absolute Gasteiger partial charge is 0.326 e. The number of halogens is 1. The Morgan fingerprint density at radius 3 is 2.45 bits per heavy atom. The van der Waals surface area contributed by atoms with Crippen LogP contribution < -0.4 is 5.73 Å². The maximum atomic E-state index is 12.7. The van der Waals surface area contributed by atoms with Crippen LogP contribution in [0.15, 0.2) is 35.7 Å². The fourth-order valence-electron chi connectivity index (χ4n) is 1.85. The van der Waals surface area contributed by atoms with Gasteiger partial charge >= 0.3 is 0 Å². The number of rotatable bonds is 5. The van der Waals surface area contributed by atoms with Crippen molar-refractivity contribution in [1.82, 2.24) is 4.31 Å². The topological polar surface area (TPSA) is 63.4 Å². The van der Waals surface area contributed by atoms with Crippen molar-refractivity contribution in [2.24, 2.45) is 5.73 Å². The average Bonchev–Trinajstić information content (AvgIpc) is 2.34. The van der Waals surface area contributed by atoms with Crippen molar-refractivity contribution >= 4 is 21.6 Å². The van der Waals surface area contributed by atoms with Crippen LogP contribution in [0.5, 0.6) is 0 Å². The molecule has 0 aromatic heterocycles. The van der Waals surface area contributed by atoms with Gasteiger partial charge in [0.1, 0.15) is 0 Å². The van der Waals surface area contributed by atoms with Gasteiger partial charge in [0.05, 0.1) is 4.90 Å². The Balaban J connectivity index is 3.37. The number of hydrogen-bond donors (Lipinski definition) is 1. The van der Waals surface area contributed by atoms with Crippen LogP contribution in [0, 0.1) is 0 Å². The first kappa shape index (κ1) is 17.2. The summed E-state index contributed by atoms with van der Waals surface area (Å²) in [6, 6.07) is 4.59. The monoisotopic (exact) mass is 316 g/mol. The van der Waals surface area contributed by atoms with E-state index in [9.17, 15) is 8.42 Å². The molecule has 0 saturated carbocycles. The van der Waals surface area contributed by atoms with E-state index < -0.39 is 15.6 Å². The van der Waals surface area contributed by atoms with Crippen molar-refractivity contribution in [3.8, 4) is 0 Å². The standard InChI is InChI=1S/C14H21ClN2O2S/c1-5-8-17(14(2,3)4)20(18,19)12-6-7-13(15)11(9-12)10-16/h5-7,9H,1,8,10,16H2,2-4H3. The lowest BCUT2D eigenvalue weighted by atomic mass is 10.1. The molecule has 6 heteroatoms. The number of nitrogens with zero attached hydrogens (tertiary/aromatic N) is 1. The van der Waals surface area contributed by atoms with E-state index in [1.165, 1.54) is 16.4 Å². The van der Waals surface area contributed by atoms with Crippen molar-refractivity contribution in [1.29, 1.82) is 0 Å². The van der Waals surface area contributed by atoms with Crippen molar-refractivity contribution in [2.45, 2.75) is 37.8 Å². The molecule has 4 nitrogen and oxygen atoms in total. The zero-order chi connectivity index (χ0) is 15.6. The van der Waals surface area contributed by atoms with Gasteiger partial charge in [0.15, 0.2) is 0 Å². The number of sulfonamides is 1. The van der Waals surface area contributed by atoms with Gasteiger partial charge < -0.3 is 5.73 Å². The Morgan fingerprint density at radius 1 is 1.40 bits per heavy atom. The van der Waals surface area contributed by atoms with Crippen LogP contribution in [0.2, 0.25) is 5.02 Å². The molecule has 1 aromatic rings. The molecule has 1 rings (SSSR count). The van der Waals surface area contributed by atoms with Crippen LogP contribution in [0.4, 0.5) is 0 Å². The normalized spacial score (nSPS) is 12.7. The molecule has 1 aromatic carbocycles. The highest BCUT2D eigenvalue weighted by molar-refractivity contribution is 7.89. The van der Waals surface area contributed by atoms with Gasteiger partial charge in [0.25, 0.3) is 0 Å². The first-order valence-electron chi connectivity index (χ1n) is 6.27. The molecular formula is C14H21ClN2O2S. The highest BCUT2D eigenvalue weighted by Crippen LogP contribution is 2.27. The van der Waals surface area contributed by atoms with Crippen molar-refractivity contribution in [3.63, 3.8) is 0 Å². The Kier molecular flexibility index (Phi) is 5.38. The average molecular weight is 317 g/mol. The predicted octanol–water partition coefficient (Wildman–Crippen LogP) is 2.77. The van der Waals surface area contributed by atoms with Crippen LogP contribution >= 0.6 is 11.6 Å². The summed E-state index contributed by atoms with van der Waals surface area (Å²) in [7, 11) is -3.62. The lowest BCUT2D eigenvalue weighted by Gasteiger charge is -2.33. The molecule has 0 aliphatic rings. The third kappa shape index (κ3) is 3.61. The van der Waals surface area contributed by atoms with E-state index in [1.54, 1.807) is 12.1 Å². The summed E-state index contributed by atoms with van der Waals surface area (Å²) in [5.41, 5.74) is 5.64. The predicted molar refractivity (Wildman–Crippen MR) is 83.2 cm³/mol. The Morgan fingerprint density at radius 2 is 2.00 bits per heavy atom. The van der Waals surface area contributed by atoms with Crippen molar-refractivity contribution in [3.05, 3.63) is 41.4 Å². The summed E-state index contributed by atoms with van der Waals surface area (Å²) in [6.45, 7) is 9.58. The third-order valence-electron chi connectivity index (χ3n) is 2.87. The van der Waals surface area contributed by atoms with Crippen LogP contribution in [0.25, 0.3) is 0 Å². The lowest BCUT2D eigenvalue weighted by molar-refractivity contribution is 0.270. The summed E-state index contributed by atoms with van der Waals surface area (Å²) in [5, 5.41) is 0.470. The van der Waals surface area contributed by atoms with E-state index in [0.717, 1.165) is 0 Å². The maximum absolute atomic E-state index is 12.7. The van der Waals surface area contributed by atoms with Gasteiger partial charge in [-0.25, -0.2) is 8.42 Å². The molecule has 0 unspecified atom stereocenters. The third-order valence-corrected chi connectivity index (χ3v) is 5.36. The lowest BCUT2D eigenvalue weighted by Crippen LogP contribution is -2.45. The van der Waals surface area contributed by atoms with Gasteiger partial charge in [0.2, 0.25) is 10.0 Å². The SMILES string of the molecule is C=CCN(C(C)(C)C)S(=O)(=O)c1ccc(Cl)c(CN)c1. The molecule has 0 aliphatic carbocycles. The van der Waals surface area contributed by atoms with Crippen LogP contribution in [0.3, 0.4) is 0 Å². The van der Waals surface area contributed by atoms with E-state index in [0.29, 0.717) is 10.6 Å². The second-order valence-electron chi connectivity index (χ2n) is 5.45. The Bertz CT molecular complexity index is 592. The second-order valence-corrected chi connectivity index (χ2v) is 7.72. The van der Waals surface area contributed by atoms with Crippen molar-refractivity contribution in [2.75, 3.05) is 6.54 Å². The molecule has 0 heterocycles. The second kappa shape index (κ2) is 6.26. The zero-order valence-electron chi connectivity index (χ0n) is 12.1. The van der Waals surface area contributed by atoms with Crippen LogP contribution in [-0.4, -0.2) is 24.8 Å². The number of hydrogen-bond acceptors (Lipinski definition) is 3. The van der Waals surface area contributed by atoms with Gasteiger partial charge in [-0.3, -0.25) is 0 Å². The molecule has 0 atom stereocenters. The smallest absolute Gasteiger partial charge is 0.243 e. The summed E-state index contributed by atoms with van der Waals surface area (Å²) < 4.78 is 26.9. The van der Waals surface area contributed by atoms with E-state index >= 15 is 0 Å². The van der Waals surface area contributed by atoms with Crippen molar-refractivity contribution < 1.29 is 8.42 Å². The fourth-order valence-corrected chi connectivity index (χ4v) is 3.85. The fraction of sp³-hybridized carbons (Fsp3) is 0.429. The molecule has 112 valence electrons. The minimum absolute atomic E-state index is 0.194. The first-order chi connectivity index (χ1) is 9.14. The molecular weight excluding hydrogens is 296 g/mol. The molecule has 0 amide bonds. The van der Waals surface area contributed by atoms with Gasteiger partial charge in [-0.05, 0) is 44.5 Å². The van der Waals surface area contributed by atoms with E-state index in [2.05, 4.69) is 6.58 Å². The van der Waals surface area contributed by atoms with Crippen LogP contribution in [0.1, 0.15) is 26.3 Å².